The molecule has 12 nitrogen and oxygen atoms in total. The number of benzene rings is 2. The lowest BCUT2D eigenvalue weighted by atomic mass is 10.1. The molecule has 2 aromatic carbocycles. The van der Waals surface area contributed by atoms with Crippen LogP contribution in [0.15, 0.2) is 48.5 Å². The first-order chi connectivity index (χ1) is 17.9. The first-order valence-corrected chi connectivity index (χ1v) is 11.5. The highest BCUT2D eigenvalue weighted by Gasteiger charge is 2.14. The minimum Gasteiger partial charge on any atom is -0.432 e. The van der Waals surface area contributed by atoms with Crippen LogP contribution < -0.4 is 0 Å². The Hall–Kier alpha value is -4.16. The third-order valence-corrected chi connectivity index (χ3v) is 4.61. The van der Waals surface area contributed by atoms with E-state index in [0.717, 1.165) is 36.8 Å². The van der Waals surface area contributed by atoms with E-state index in [2.05, 4.69) is 39.1 Å². The first-order valence-electron chi connectivity index (χ1n) is 11.5. The average molecular weight is 520 g/mol. The predicted molar refractivity (Wildman–Crippen MR) is 123 cm³/mol. The summed E-state index contributed by atoms with van der Waals surface area (Å²) in [6.45, 7) is 3.62. The molecule has 2 rings (SSSR count). The fraction of sp³-hybridized carbons (Fsp3) is 0.360. The summed E-state index contributed by atoms with van der Waals surface area (Å²) in [6.07, 6.45) is 1.19. The van der Waals surface area contributed by atoms with E-state index in [1.807, 2.05) is 13.8 Å². The topological polar surface area (TPSA) is 142 Å². The van der Waals surface area contributed by atoms with Gasteiger partial charge in [-0.15, -0.1) is 0 Å². The van der Waals surface area contributed by atoms with Crippen LogP contribution in [0.5, 0.6) is 0 Å². The molecule has 0 aliphatic heterocycles. The molecule has 0 atom stereocenters. The summed E-state index contributed by atoms with van der Waals surface area (Å²) in [5.41, 5.74) is 2.55. The summed E-state index contributed by atoms with van der Waals surface area (Å²) >= 11 is 0. The molecule has 0 N–H and O–H groups in total. The van der Waals surface area contributed by atoms with E-state index in [4.69, 9.17) is 0 Å². The zero-order chi connectivity index (χ0) is 26.9. The molecule has 0 spiro atoms. The van der Waals surface area contributed by atoms with Gasteiger partial charge in [0, 0.05) is 6.42 Å². The van der Waals surface area contributed by atoms with Crippen LogP contribution in [0.2, 0.25) is 0 Å². The van der Waals surface area contributed by atoms with Crippen LogP contribution in [0.25, 0.3) is 0 Å². The van der Waals surface area contributed by atoms with Crippen molar-refractivity contribution in [2.75, 3.05) is 13.2 Å². The summed E-state index contributed by atoms with van der Waals surface area (Å²) in [7, 11) is 0. The van der Waals surface area contributed by atoms with Crippen molar-refractivity contribution in [2.24, 2.45) is 0 Å². The van der Waals surface area contributed by atoms with Crippen LogP contribution in [0, 0.1) is 0 Å². The smallest absolute Gasteiger partial charge is 0.432 e. The largest absolute Gasteiger partial charge is 0.543 e. The molecule has 0 saturated carbocycles. The number of ether oxygens (including phenoxy) is 2. The lowest BCUT2D eigenvalue weighted by molar-refractivity contribution is -0.452. The van der Waals surface area contributed by atoms with Crippen molar-refractivity contribution in [2.45, 2.75) is 46.0 Å². The van der Waals surface area contributed by atoms with Gasteiger partial charge in [-0.2, -0.15) is 0 Å². The predicted octanol–water partition coefficient (Wildman–Crippen LogP) is 5.00. The molecule has 0 aliphatic rings. The lowest BCUT2D eigenvalue weighted by Gasteiger charge is -2.06. The number of carbonyl (C=O) groups is 4. The van der Waals surface area contributed by atoms with E-state index in [9.17, 15) is 19.2 Å². The molecule has 0 heterocycles. The van der Waals surface area contributed by atoms with Gasteiger partial charge in [0.1, 0.15) is 0 Å². The van der Waals surface area contributed by atoms with Gasteiger partial charge >= 0.3 is 24.2 Å². The van der Waals surface area contributed by atoms with Crippen molar-refractivity contribution in [3.63, 3.8) is 0 Å². The van der Waals surface area contributed by atoms with Gasteiger partial charge in [0.25, 0.3) is 0 Å². The summed E-state index contributed by atoms with van der Waals surface area (Å²) in [5, 5.41) is 8.22. The van der Waals surface area contributed by atoms with Crippen LogP contribution in [0.1, 0.15) is 65.0 Å². The fourth-order valence-corrected chi connectivity index (χ4v) is 2.86. The van der Waals surface area contributed by atoms with E-state index in [-0.39, 0.29) is 30.8 Å². The number of rotatable bonds is 14. The third-order valence-electron chi connectivity index (χ3n) is 4.61. The number of hydrogen-bond donors (Lipinski definition) is 0. The Morgan fingerprint density at radius 3 is 1.30 bits per heavy atom. The van der Waals surface area contributed by atoms with Gasteiger partial charge in [0.15, 0.2) is 0 Å². The Balaban J connectivity index is 1.49. The number of carbonyl (C=O) groups excluding carboxylic acids is 4. The molecule has 0 fully saturated rings. The summed E-state index contributed by atoms with van der Waals surface area (Å²) in [6, 6.07) is 13.3. The van der Waals surface area contributed by atoms with Crippen LogP contribution in [-0.2, 0) is 51.9 Å². The van der Waals surface area contributed by atoms with Crippen LogP contribution in [0.3, 0.4) is 0 Å². The highest BCUT2D eigenvalue weighted by molar-refractivity contribution is 5.89. The first kappa shape index (κ1) is 29.1. The van der Waals surface area contributed by atoms with Crippen molar-refractivity contribution >= 4 is 24.2 Å². The Morgan fingerprint density at radius 1 is 0.568 bits per heavy atom. The second kappa shape index (κ2) is 16.5. The van der Waals surface area contributed by atoms with Crippen molar-refractivity contribution in [3.05, 3.63) is 70.8 Å². The molecule has 37 heavy (non-hydrogen) atoms. The zero-order valence-corrected chi connectivity index (χ0v) is 20.5. The Kier molecular flexibility index (Phi) is 13.0. The van der Waals surface area contributed by atoms with Crippen molar-refractivity contribution in [3.8, 4) is 0 Å². The van der Waals surface area contributed by atoms with Crippen molar-refractivity contribution in [1.29, 1.82) is 0 Å². The van der Waals surface area contributed by atoms with E-state index >= 15 is 0 Å². The van der Waals surface area contributed by atoms with Gasteiger partial charge in [-0.3, -0.25) is 9.78 Å². The maximum absolute atomic E-state index is 11.8. The van der Waals surface area contributed by atoms with E-state index < -0.39 is 24.2 Å². The average Bonchev–Trinajstić information content (AvgIpc) is 2.89. The minimum absolute atomic E-state index is 0.0536. The van der Waals surface area contributed by atoms with Gasteiger partial charge in [0.2, 0.25) is 0 Å². The lowest BCUT2D eigenvalue weighted by Crippen LogP contribution is -2.15. The molecule has 0 unspecified atom stereocenters. The maximum Gasteiger partial charge on any atom is 0.543 e. The molecule has 0 aliphatic carbocycles. The Bertz CT molecular complexity index is 920. The van der Waals surface area contributed by atoms with E-state index in [1.54, 1.807) is 48.5 Å². The second-order valence-corrected chi connectivity index (χ2v) is 7.49. The molecule has 12 heteroatoms. The number of hydrogen-bond acceptors (Lipinski definition) is 12. The monoisotopic (exact) mass is 520 g/mol. The minimum atomic E-state index is -1.29. The van der Waals surface area contributed by atoms with Crippen LogP contribution in [-0.4, -0.2) is 37.5 Å². The van der Waals surface area contributed by atoms with E-state index in [0.29, 0.717) is 0 Å². The summed E-state index contributed by atoms with van der Waals surface area (Å²) in [4.78, 5) is 63.4. The molecular formula is C25H28O12. The highest BCUT2D eigenvalue weighted by atomic mass is 17.5. The molecular weight excluding hydrogens is 492 g/mol. The van der Waals surface area contributed by atoms with Crippen LogP contribution >= 0.6 is 0 Å². The molecule has 0 aromatic heterocycles. The zero-order valence-electron chi connectivity index (χ0n) is 20.5. The SMILES string of the molecule is CCCc1ccc(C(=O)OOOC(=O)OCCCOC(=O)OOOC(=O)c2ccc(CCC)cc2)cc1. The highest BCUT2D eigenvalue weighted by Crippen LogP contribution is 2.09. The van der Waals surface area contributed by atoms with Gasteiger partial charge in [-0.25, -0.2) is 29.0 Å². The fourth-order valence-electron chi connectivity index (χ4n) is 2.86. The number of aryl methyl sites for hydroxylation is 2. The summed E-state index contributed by atoms with van der Waals surface area (Å²) in [5.74, 6) is -1.72. The molecule has 0 bridgehead atoms. The summed E-state index contributed by atoms with van der Waals surface area (Å²) < 4.78 is 9.26. The van der Waals surface area contributed by atoms with Gasteiger partial charge in [0.05, 0.1) is 34.4 Å². The molecule has 2 aromatic rings. The quantitative estimate of drug-likeness (QED) is 0.143. The standard InChI is InChI=1S/C25H28O12/c1-3-6-18-8-12-20(13-9-18)22(26)32-36-34-24(28)30-16-5-17-31-25(29)35-37-33-23(27)21-14-10-19(7-4-2)11-15-21/h8-15H,3-7,16-17H2,1-2H3. The second-order valence-electron chi connectivity index (χ2n) is 7.49. The maximum atomic E-state index is 11.8. The Morgan fingerprint density at radius 2 is 0.946 bits per heavy atom. The molecule has 200 valence electrons. The normalized spacial score (nSPS) is 10.2. The van der Waals surface area contributed by atoms with E-state index in [1.165, 1.54) is 0 Å². The molecule has 0 saturated heterocycles. The molecule has 0 amide bonds. The third kappa shape index (κ3) is 11.4. The Labute approximate surface area is 213 Å². The van der Waals surface area contributed by atoms with Crippen molar-refractivity contribution in [1.82, 2.24) is 0 Å². The van der Waals surface area contributed by atoms with Crippen LogP contribution in [0.4, 0.5) is 9.59 Å². The van der Waals surface area contributed by atoms with Crippen molar-refractivity contribution < 1.29 is 58.3 Å². The van der Waals surface area contributed by atoms with Gasteiger partial charge in [-0.05, 0) is 48.2 Å². The van der Waals surface area contributed by atoms with Gasteiger partial charge < -0.3 is 9.47 Å². The van der Waals surface area contributed by atoms with Gasteiger partial charge in [-0.1, -0.05) is 51.0 Å². The molecule has 0 radical (unpaired) electrons.